The lowest BCUT2D eigenvalue weighted by Gasteiger charge is -2.35. The Balaban J connectivity index is 1.45. The fourth-order valence-corrected chi connectivity index (χ4v) is 2.99. The zero-order valence-electron chi connectivity index (χ0n) is 14.0. The Morgan fingerprint density at radius 3 is 2.54 bits per heavy atom. The molecule has 0 aliphatic carbocycles. The van der Waals surface area contributed by atoms with E-state index in [0.29, 0.717) is 26.2 Å². The van der Waals surface area contributed by atoms with E-state index in [0.717, 1.165) is 11.6 Å². The molecule has 1 amide bonds. The summed E-state index contributed by atoms with van der Waals surface area (Å²) in [5, 5.41) is 0. The van der Waals surface area contributed by atoms with Crippen LogP contribution < -0.4 is 4.90 Å². The van der Waals surface area contributed by atoms with Gasteiger partial charge in [-0.2, -0.15) is 0 Å². The first-order valence-corrected chi connectivity index (χ1v) is 8.31. The molecule has 8 heteroatoms. The predicted molar refractivity (Wildman–Crippen MR) is 93.7 cm³/mol. The molecule has 1 aliphatic heterocycles. The second kappa shape index (κ2) is 6.91. The van der Waals surface area contributed by atoms with E-state index in [-0.39, 0.29) is 11.5 Å². The Hall–Kier alpha value is -3.29. The van der Waals surface area contributed by atoms with E-state index in [2.05, 4.69) is 19.9 Å². The van der Waals surface area contributed by atoms with Crippen molar-refractivity contribution in [1.82, 2.24) is 24.4 Å². The maximum absolute atomic E-state index is 13.8. The van der Waals surface area contributed by atoms with Gasteiger partial charge in [-0.15, -0.1) is 0 Å². The van der Waals surface area contributed by atoms with Gasteiger partial charge in [0.25, 0.3) is 5.91 Å². The minimum absolute atomic E-state index is 0.116. The van der Waals surface area contributed by atoms with E-state index in [9.17, 15) is 9.18 Å². The Bertz CT molecular complexity index is 906. The first kappa shape index (κ1) is 16.2. The molecular weight excluding hydrogens is 335 g/mol. The smallest absolute Gasteiger partial charge is 0.256 e. The number of benzene rings is 1. The lowest BCUT2D eigenvalue weighted by molar-refractivity contribution is 0.0742. The van der Waals surface area contributed by atoms with Gasteiger partial charge in [0.15, 0.2) is 0 Å². The molecule has 132 valence electrons. The molecule has 1 aliphatic rings. The van der Waals surface area contributed by atoms with Gasteiger partial charge in [-0.1, -0.05) is 12.1 Å². The van der Waals surface area contributed by atoms with E-state index >= 15 is 0 Å². The molecule has 1 saturated heterocycles. The third kappa shape index (κ3) is 3.13. The molecule has 3 aromatic rings. The molecule has 0 N–H and O–H groups in total. The van der Waals surface area contributed by atoms with Crippen molar-refractivity contribution in [2.24, 2.45) is 0 Å². The van der Waals surface area contributed by atoms with Crippen LogP contribution in [0.4, 0.5) is 10.2 Å². The zero-order valence-corrected chi connectivity index (χ0v) is 14.0. The maximum Gasteiger partial charge on any atom is 0.256 e. The fraction of sp³-hybridized carbons (Fsp3) is 0.222. The molecule has 3 heterocycles. The van der Waals surface area contributed by atoms with Gasteiger partial charge >= 0.3 is 0 Å². The Morgan fingerprint density at radius 2 is 1.81 bits per heavy atom. The summed E-state index contributed by atoms with van der Waals surface area (Å²) >= 11 is 0. The second-order valence-electron chi connectivity index (χ2n) is 5.96. The summed E-state index contributed by atoms with van der Waals surface area (Å²) in [7, 11) is 0. The number of hydrogen-bond acceptors (Lipinski definition) is 5. The van der Waals surface area contributed by atoms with Crippen molar-refractivity contribution in [1.29, 1.82) is 0 Å². The highest BCUT2D eigenvalue weighted by Crippen LogP contribution is 2.18. The fourth-order valence-electron chi connectivity index (χ4n) is 2.99. The van der Waals surface area contributed by atoms with Gasteiger partial charge in [0.1, 0.15) is 30.1 Å². The maximum atomic E-state index is 13.8. The minimum atomic E-state index is -0.485. The standard InChI is InChI=1S/C18H17FN6O/c19-15-4-2-1-3-14(15)18(26)24-9-7-23(8-10-24)16-11-17(22-12-21-16)25-6-5-20-13-25/h1-6,11-13H,7-10H2. The van der Waals surface area contributed by atoms with Crippen molar-refractivity contribution < 1.29 is 9.18 Å². The van der Waals surface area contributed by atoms with E-state index in [1.807, 2.05) is 16.8 Å². The first-order valence-electron chi connectivity index (χ1n) is 8.31. The van der Waals surface area contributed by atoms with E-state index in [4.69, 9.17) is 0 Å². The van der Waals surface area contributed by atoms with Crippen LogP contribution in [0.2, 0.25) is 0 Å². The Kier molecular flexibility index (Phi) is 4.30. The number of carbonyl (C=O) groups is 1. The quantitative estimate of drug-likeness (QED) is 0.719. The number of aromatic nitrogens is 4. The summed E-state index contributed by atoms with van der Waals surface area (Å²) < 4.78 is 15.6. The number of amides is 1. The summed E-state index contributed by atoms with van der Waals surface area (Å²) in [6, 6.07) is 7.96. The number of imidazole rings is 1. The van der Waals surface area contributed by atoms with Crippen LogP contribution in [-0.2, 0) is 0 Å². The van der Waals surface area contributed by atoms with Crippen molar-refractivity contribution in [2.75, 3.05) is 31.1 Å². The van der Waals surface area contributed by atoms with Crippen LogP contribution in [0.15, 0.2) is 55.4 Å². The highest BCUT2D eigenvalue weighted by atomic mass is 19.1. The van der Waals surface area contributed by atoms with Crippen molar-refractivity contribution in [3.05, 3.63) is 66.8 Å². The monoisotopic (exact) mass is 352 g/mol. The molecule has 7 nitrogen and oxygen atoms in total. The third-order valence-electron chi connectivity index (χ3n) is 4.40. The lowest BCUT2D eigenvalue weighted by atomic mass is 10.1. The van der Waals surface area contributed by atoms with Crippen LogP contribution in [0.25, 0.3) is 5.82 Å². The molecule has 0 saturated carbocycles. The summed E-state index contributed by atoms with van der Waals surface area (Å²) in [5.74, 6) is 0.768. The zero-order chi connectivity index (χ0) is 17.9. The van der Waals surface area contributed by atoms with Crippen LogP contribution in [0.5, 0.6) is 0 Å². The number of carbonyl (C=O) groups excluding carboxylic acids is 1. The molecule has 1 aromatic carbocycles. The number of halogens is 1. The third-order valence-corrected chi connectivity index (χ3v) is 4.40. The van der Waals surface area contributed by atoms with Gasteiger partial charge in [0.05, 0.1) is 5.56 Å². The van der Waals surface area contributed by atoms with Gasteiger partial charge in [-0.25, -0.2) is 19.3 Å². The van der Waals surface area contributed by atoms with Crippen LogP contribution in [-0.4, -0.2) is 56.5 Å². The van der Waals surface area contributed by atoms with E-state index in [1.54, 1.807) is 29.6 Å². The van der Waals surface area contributed by atoms with Gasteiger partial charge in [-0.3, -0.25) is 9.36 Å². The molecule has 4 rings (SSSR count). The van der Waals surface area contributed by atoms with Gasteiger partial charge in [0.2, 0.25) is 0 Å². The molecule has 0 unspecified atom stereocenters. The predicted octanol–water partition coefficient (Wildman–Crippen LogP) is 1.76. The van der Waals surface area contributed by atoms with Gasteiger partial charge in [-0.05, 0) is 12.1 Å². The second-order valence-corrected chi connectivity index (χ2v) is 5.96. The number of rotatable bonds is 3. The molecule has 0 spiro atoms. The van der Waals surface area contributed by atoms with Gasteiger partial charge in [0, 0.05) is 44.6 Å². The molecule has 1 fully saturated rings. The van der Waals surface area contributed by atoms with Crippen LogP contribution >= 0.6 is 0 Å². The molecule has 0 bridgehead atoms. The molecule has 26 heavy (non-hydrogen) atoms. The number of piperazine rings is 1. The molecule has 0 atom stereocenters. The highest BCUT2D eigenvalue weighted by molar-refractivity contribution is 5.94. The lowest BCUT2D eigenvalue weighted by Crippen LogP contribution is -2.49. The van der Waals surface area contributed by atoms with Crippen LogP contribution in [0.1, 0.15) is 10.4 Å². The molecule has 0 radical (unpaired) electrons. The molecule has 2 aromatic heterocycles. The molecular formula is C18H17FN6O. The average Bonchev–Trinajstić information content (AvgIpc) is 3.23. The van der Waals surface area contributed by atoms with Gasteiger partial charge < -0.3 is 9.80 Å². The Labute approximate surface area is 149 Å². The number of nitrogens with zero attached hydrogens (tertiary/aromatic N) is 6. The average molecular weight is 352 g/mol. The number of hydrogen-bond donors (Lipinski definition) is 0. The summed E-state index contributed by atoms with van der Waals surface area (Å²) in [6.45, 7) is 2.27. The Morgan fingerprint density at radius 1 is 1.04 bits per heavy atom. The van der Waals surface area contributed by atoms with Crippen molar-refractivity contribution >= 4 is 11.7 Å². The SMILES string of the molecule is O=C(c1ccccc1F)N1CCN(c2cc(-n3ccnc3)ncn2)CC1. The van der Waals surface area contributed by atoms with Crippen LogP contribution in [0.3, 0.4) is 0 Å². The summed E-state index contributed by atoms with van der Waals surface area (Å²) in [4.78, 5) is 28.9. The van der Waals surface area contributed by atoms with Crippen molar-refractivity contribution in [3.8, 4) is 5.82 Å². The highest BCUT2D eigenvalue weighted by Gasteiger charge is 2.24. The largest absolute Gasteiger partial charge is 0.353 e. The summed E-state index contributed by atoms with van der Waals surface area (Å²) in [5.41, 5.74) is 0.116. The topological polar surface area (TPSA) is 67.2 Å². The van der Waals surface area contributed by atoms with E-state index in [1.165, 1.54) is 18.5 Å². The number of anilines is 1. The van der Waals surface area contributed by atoms with Crippen LogP contribution in [0, 0.1) is 5.82 Å². The first-order chi connectivity index (χ1) is 12.7. The minimum Gasteiger partial charge on any atom is -0.353 e. The van der Waals surface area contributed by atoms with Crippen molar-refractivity contribution in [2.45, 2.75) is 0 Å². The van der Waals surface area contributed by atoms with E-state index < -0.39 is 5.82 Å². The summed E-state index contributed by atoms with van der Waals surface area (Å²) in [6.07, 6.45) is 6.70. The normalized spacial score (nSPS) is 14.5. The van der Waals surface area contributed by atoms with Crippen molar-refractivity contribution in [3.63, 3.8) is 0 Å².